The average Bonchev–Trinajstić information content (AvgIpc) is 2.85. The molecule has 1 aromatic rings. The molecule has 8 atom stereocenters. The zero-order valence-corrected chi connectivity index (χ0v) is 20.5. The largest absolute Gasteiger partial charge is 0.394 e. The van der Waals surface area contributed by atoms with E-state index >= 15 is 0 Å². The zero-order valence-electron chi connectivity index (χ0n) is 20.5. The fraction of sp³-hybridized carbons (Fsp3) is 0.720. The van der Waals surface area contributed by atoms with E-state index < -0.39 is 55.6 Å². The number of benzene rings is 1. The highest BCUT2D eigenvalue weighted by Gasteiger charge is 2.44. The molecular weight excluding hydrogens is 458 g/mol. The van der Waals surface area contributed by atoms with Crippen molar-refractivity contribution >= 4 is 5.91 Å². The molecule has 35 heavy (non-hydrogen) atoms. The minimum Gasteiger partial charge on any atom is -0.394 e. The maximum absolute atomic E-state index is 12.6. The minimum absolute atomic E-state index is 0.151. The van der Waals surface area contributed by atoms with Crippen LogP contribution in [0.4, 0.5) is 0 Å². The Morgan fingerprint density at radius 3 is 2.40 bits per heavy atom. The van der Waals surface area contributed by atoms with Crippen LogP contribution in [-0.4, -0.2) is 98.7 Å². The number of rotatable bonds is 14. The van der Waals surface area contributed by atoms with E-state index in [2.05, 4.69) is 5.32 Å². The molecule has 1 aliphatic heterocycles. The molecule has 1 fully saturated rings. The van der Waals surface area contributed by atoms with E-state index in [0.717, 1.165) is 24.0 Å². The molecule has 200 valence electrons. The van der Waals surface area contributed by atoms with Gasteiger partial charge in [0, 0.05) is 6.42 Å². The number of aliphatic hydroxyl groups is 6. The molecule has 10 nitrogen and oxygen atoms in total. The summed E-state index contributed by atoms with van der Waals surface area (Å²) in [7, 11) is 0. The second-order valence-electron chi connectivity index (χ2n) is 9.24. The lowest BCUT2D eigenvalue weighted by molar-refractivity contribution is -0.303. The quantitative estimate of drug-likeness (QED) is 0.167. The van der Waals surface area contributed by atoms with Gasteiger partial charge in [-0.1, -0.05) is 56.0 Å². The monoisotopic (exact) mass is 499 g/mol. The Balaban J connectivity index is 2.01. The predicted molar refractivity (Wildman–Crippen MR) is 127 cm³/mol. The lowest BCUT2D eigenvalue weighted by Crippen LogP contribution is -2.60. The highest BCUT2D eigenvalue weighted by molar-refractivity contribution is 5.76. The highest BCUT2D eigenvalue weighted by atomic mass is 16.7. The topological polar surface area (TPSA) is 169 Å². The third-order valence-corrected chi connectivity index (χ3v) is 6.31. The maximum atomic E-state index is 12.6. The molecule has 5 unspecified atom stereocenters. The summed E-state index contributed by atoms with van der Waals surface area (Å²) < 4.78 is 10.9. The van der Waals surface area contributed by atoms with E-state index in [9.17, 15) is 35.4 Å². The molecule has 0 aliphatic carbocycles. The number of aryl methyl sites for hydroxylation is 2. The Morgan fingerprint density at radius 2 is 1.77 bits per heavy atom. The van der Waals surface area contributed by atoms with Crippen LogP contribution in [0.1, 0.15) is 50.2 Å². The van der Waals surface area contributed by atoms with E-state index in [1.165, 1.54) is 0 Å². The molecule has 1 heterocycles. The van der Waals surface area contributed by atoms with Gasteiger partial charge < -0.3 is 45.4 Å². The summed E-state index contributed by atoms with van der Waals surface area (Å²) in [6.07, 6.45) is -6.26. The van der Waals surface area contributed by atoms with Gasteiger partial charge in [0.15, 0.2) is 6.29 Å². The van der Waals surface area contributed by atoms with Gasteiger partial charge in [0.05, 0.1) is 25.4 Å². The number of aliphatic hydroxyl groups excluding tert-OH is 6. The van der Waals surface area contributed by atoms with Gasteiger partial charge in [-0.2, -0.15) is 0 Å². The first-order valence-corrected chi connectivity index (χ1v) is 12.3. The highest BCUT2D eigenvalue weighted by Crippen LogP contribution is 2.22. The van der Waals surface area contributed by atoms with Crippen molar-refractivity contribution in [3.63, 3.8) is 0 Å². The number of nitrogens with one attached hydrogen (secondary N) is 1. The second kappa shape index (κ2) is 14.8. The summed E-state index contributed by atoms with van der Waals surface area (Å²) in [5.74, 6) is -0.354. The first-order valence-electron chi connectivity index (χ1n) is 12.3. The van der Waals surface area contributed by atoms with E-state index in [0.29, 0.717) is 19.3 Å². The summed E-state index contributed by atoms with van der Waals surface area (Å²) in [6, 6.07) is 6.77. The third kappa shape index (κ3) is 9.07. The molecule has 0 bridgehead atoms. The van der Waals surface area contributed by atoms with Crippen LogP contribution in [0.5, 0.6) is 0 Å². The van der Waals surface area contributed by atoms with Crippen LogP contribution >= 0.6 is 0 Å². The molecule has 10 heteroatoms. The molecule has 0 saturated carbocycles. The molecule has 1 saturated heterocycles. The smallest absolute Gasteiger partial charge is 0.220 e. The van der Waals surface area contributed by atoms with Crippen LogP contribution in [0.2, 0.25) is 0 Å². The Bertz CT molecular complexity index is 745. The summed E-state index contributed by atoms with van der Waals surface area (Å²) >= 11 is 0. The molecular formula is C25H41NO9. The lowest BCUT2D eigenvalue weighted by atomic mass is 9.98. The zero-order chi connectivity index (χ0) is 26.0. The molecule has 7 N–H and O–H groups in total. The van der Waals surface area contributed by atoms with Crippen LogP contribution in [0.25, 0.3) is 0 Å². The third-order valence-electron chi connectivity index (χ3n) is 6.31. The maximum Gasteiger partial charge on any atom is 0.220 e. The van der Waals surface area contributed by atoms with E-state index in [1.54, 1.807) is 0 Å². The number of carbonyl (C=O) groups is 1. The Hall–Kier alpha value is -1.63. The Morgan fingerprint density at radius 1 is 1.09 bits per heavy atom. The van der Waals surface area contributed by atoms with Gasteiger partial charge in [-0.25, -0.2) is 0 Å². The number of unbranched alkanes of at least 4 members (excludes halogenated alkanes) is 2. The fourth-order valence-electron chi connectivity index (χ4n) is 3.96. The minimum atomic E-state index is -1.61. The van der Waals surface area contributed by atoms with Crippen LogP contribution in [0.3, 0.4) is 0 Å². The van der Waals surface area contributed by atoms with Crippen molar-refractivity contribution in [3.8, 4) is 0 Å². The second-order valence-corrected chi connectivity index (χ2v) is 9.24. The van der Waals surface area contributed by atoms with Crippen LogP contribution in [-0.2, 0) is 20.7 Å². The first-order chi connectivity index (χ1) is 16.7. The van der Waals surface area contributed by atoms with Crippen molar-refractivity contribution < 1.29 is 44.9 Å². The molecule has 1 amide bonds. The number of carbonyl (C=O) groups excluding carboxylic acids is 1. The summed E-state index contributed by atoms with van der Waals surface area (Å²) in [6.45, 7) is 3.05. The number of ether oxygens (including phenoxy) is 2. The summed E-state index contributed by atoms with van der Waals surface area (Å²) in [5.41, 5.74) is 2.10. The van der Waals surface area contributed by atoms with Gasteiger partial charge in [0.2, 0.25) is 5.91 Å². The molecule has 1 aliphatic rings. The van der Waals surface area contributed by atoms with E-state index in [4.69, 9.17) is 9.47 Å². The normalized spacial score (nSPS) is 27.3. The molecule has 0 aromatic heterocycles. The molecule has 0 radical (unpaired) electrons. The fourth-order valence-corrected chi connectivity index (χ4v) is 3.96. The predicted octanol–water partition coefficient (Wildman–Crippen LogP) is -0.469. The van der Waals surface area contributed by atoms with Gasteiger partial charge in [0.25, 0.3) is 0 Å². The summed E-state index contributed by atoms with van der Waals surface area (Å²) in [4.78, 5) is 12.6. The van der Waals surface area contributed by atoms with Crippen molar-refractivity contribution in [2.75, 3.05) is 13.2 Å². The lowest BCUT2D eigenvalue weighted by Gasteiger charge is -2.40. The number of hydrogen-bond acceptors (Lipinski definition) is 9. The van der Waals surface area contributed by atoms with E-state index in [1.807, 2.05) is 38.1 Å². The van der Waals surface area contributed by atoms with Crippen LogP contribution in [0.15, 0.2) is 24.3 Å². The van der Waals surface area contributed by atoms with Gasteiger partial charge >= 0.3 is 0 Å². The number of hydrogen-bond donors (Lipinski definition) is 7. The molecule has 1 aromatic carbocycles. The molecule has 0 spiro atoms. The Labute approximate surface area is 206 Å². The van der Waals surface area contributed by atoms with E-state index in [-0.39, 0.29) is 18.9 Å². The molecule has 2 rings (SSSR count). The van der Waals surface area contributed by atoms with Crippen LogP contribution in [0, 0.1) is 6.92 Å². The standard InChI is InChI=1S/C25H41NO9/c1-3-4-5-6-18(28)21(30)17(26-20(29)12-11-16-9-7-15(2)8-10-16)14-34-25-24(33)23(32)22(31)19(13-27)35-25/h7-10,17-19,21-25,27-28,30-33H,3-6,11-14H2,1-2H3,(H,26,29)/t17-,18+,19?,21-,22?,23?,24?,25?/m0/s1. The van der Waals surface area contributed by atoms with Crippen molar-refractivity contribution in [2.24, 2.45) is 0 Å². The van der Waals surface area contributed by atoms with Gasteiger partial charge in [-0.3, -0.25) is 4.79 Å². The van der Waals surface area contributed by atoms with Crippen molar-refractivity contribution in [1.82, 2.24) is 5.32 Å². The summed E-state index contributed by atoms with van der Waals surface area (Å²) in [5, 5.41) is 63.3. The number of amides is 1. The van der Waals surface area contributed by atoms with Crippen molar-refractivity contribution in [3.05, 3.63) is 35.4 Å². The van der Waals surface area contributed by atoms with Crippen molar-refractivity contribution in [1.29, 1.82) is 0 Å². The van der Waals surface area contributed by atoms with Gasteiger partial charge in [-0.15, -0.1) is 0 Å². The van der Waals surface area contributed by atoms with Gasteiger partial charge in [-0.05, 0) is 25.3 Å². The van der Waals surface area contributed by atoms with Gasteiger partial charge in [0.1, 0.15) is 30.5 Å². The first kappa shape index (κ1) is 29.6. The van der Waals surface area contributed by atoms with Crippen molar-refractivity contribution in [2.45, 2.75) is 101 Å². The average molecular weight is 500 g/mol. The van der Waals surface area contributed by atoms with Crippen LogP contribution < -0.4 is 5.32 Å². The SMILES string of the molecule is CCCCC[C@@H](O)[C@@H](O)[C@H](COC1OC(CO)C(O)C(O)C1O)NC(=O)CCc1ccc(C)cc1. The Kier molecular flexibility index (Phi) is 12.5.